The summed E-state index contributed by atoms with van der Waals surface area (Å²) in [5, 5.41) is 6.90. The van der Waals surface area contributed by atoms with Crippen LogP contribution in [0.15, 0.2) is 36.5 Å². The number of carbonyl (C=O) groups is 2. The Labute approximate surface area is 173 Å². The molecule has 2 amide bonds. The van der Waals surface area contributed by atoms with E-state index in [0.29, 0.717) is 22.8 Å². The molecule has 0 saturated carbocycles. The molecule has 2 aromatic heterocycles. The Morgan fingerprint density at radius 1 is 1.30 bits per heavy atom. The molecular weight excluding hydrogens is 380 g/mol. The Balaban J connectivity index is 1.72. The molecule has 0 unspecified atom stereocenters. The third-order valence-electron chi connectivity index (χ3n) is 5.00. The van der Waals surface area contributed by atoms with E-state index >= 15 is 0 Å². The van der Waals surface area contributed by atoms with Crippen molar-refractivity contribution >= 4 is 11.8 Å². The summed E-state index contributed by atoms with van der Waals surface area (Å²) in [6.45, 7) is 2.62. The third-order valence-corrected chi connectivity index (χ3v) is 5.00. The first-order valence-electron chi connectivity index (χ1n) is 9.48. The van der Waals surface area contributed by atoms with Gasteiger partial charge in [0.25, 0.3) is 5.91 Å². The van der Waals surface area contributed by atoms with Crippen molar-refractivity contribution in [3.8, 4) is 34.6 Å². The molecule has 0 radical (unpaired) electrons. The highest BCUT2D eigenvalue weighted by atomic mass is 16.2. The second kappa shape index (κ2) is 7.79. The summed E-state index contributed by atoms with van der Waals surface area (Å²) in [6.07, 6.45) is 2.41. The van der Waals surface area contributed by atoms with Crippen molar-refractivity contribution in [3.63, 3.8) is 0 Å². The number of rotatable bonds is 3. The number of nitrogens with zero attached hydrogens (tertiary/aromatic N) is 4. The number of amides is 2. The average Bonchev–Trinajstić information content (AvgIpc) is 3.32. The zero-order valence-corrected chi connectivity index (χ0v) is 16.6. The van der Waals surface area contributed by atoms with Crippen LogP contribution in [0, 0.1) is 24.7 Å². The van der Waals surface area contributed by atoms with Gasteiger partial charge >= 0.3 is 0 Å². The second-order valence-electron chi connectivity index (χ2n) is 7.21. The molecule has 1 aliphatic heterocycles. The van der Waals surface area contributed by atoms with Gasteiger partial charge in [-0.25, -0.2) is 9.97 Å². The number of H-pyrrole nitrogens is 1. The van der Waals surface area contributed by atoms with Crippen LogP contribution < -0.4 is 5.73 Å². The Morgan fingerprint density at radius 3 is 2.80 bits per heavy atom. The summed E-state index contributed by atoms with van der Waals surface area (Å²) in [5.74, 6) is 5.63. The number of aromatic amines is 1. The number of nitrogens with one attached hydrogen (secondary N) is 1. The molecule has 8 nitrogen and oxygen atoms in total. The van der Waals surface area contributed by atoms with Gasteiger partial charge in [0.15, 0.2) is 5.82 Å². The van der Waals surface area contributed by atoms with Crippen LogP contribution >= 0.6 is 0 Å². The van der Waals surface area contributed by atoms with Gasteiger partial charge in [0.1, 0.15) is 11.6 Å². The predicted octanol–water partition coefficient (Wildman–Crippen LogP) is 1.77. The molecule has 1 aromatic carbocycles. The molecular formula is C22H20N6O2. The van der Waals surface area contributed by atoms with Crippen molar-refractivity contribution in [1.29, 1.82) is 0 Å². The topological polar surface area (TPSA) is 118 Å². The monoisotopic (exact) mass is 400 g/mol. The van der Waals surface area contributed by atoms with E-state index in [1.54, 1.807) is 18.1 Å². The molecule has 1 saturated heterocycles. The van der Waals surface area contributed by atoms with Crippen LogP contribution in [0.2, 0.25) is 0 Å². The Bertz CT molecular complexity index is 1200. The SMILES string of the molecule is Cc1cn[nH]c1-c1cc(C(N)=O)nc(-c2cccc(C#C[C@@H]3CCN(C)C3=O)c2)n1. The van der Waals surface area contributed by atoms with Crippen molar-refractivity contribution in [2.45, 2.75) is 13.3 Å². The quantitative estimate of drug-likeness (QED) is 0.650. The lowest BCUT2D eigenvalue weighted by Crippen LogP contribution is -2.21. The smallest absolute Gasteiger partial charge is 0.267 e. The second-order valence-corrected chi connectivity index (χ2v) is 7.21. The summed E-state index contributed by atoms with van der Waals surface area (Å²) in [5.41, 5.74) is 9.13. The summed E-state index contributed by atoms with van der Waals surface area (Å²) in [4.78, 5) is 34.5. The Hall–Kier alpha value is -3.99. The van der Waals surface area contributed by atoms with Gasteiger partial charge in [-0.3, -0.25) is 14.7 Å². The van der Waals surface area contributed by atoms with Crippen molar-refractivity contribution < 1.29 is 9.59 Å². The molecule has 3 N–H and O–H groups in total. The Morgan fingerprint density at radius 2 is 2.13 bits per heavy atom. The lowest BCUT2D eigenvalue weighted by atomic mass is 10.1. The number of hydrogen-bond acceptors (Lipinski definition) is 5. The zero-order chi connectivity index (χ0) is 21.3. The third kappa shape index (κ3) is 3.78. The molecule has 4 rings (SSSR count). The summed E-state index contributed by atoms with van der Waals surface area (Å²) < 4.78 is 0. The van der Waals surface area contributed by atoms with Crippen LogP contribution in [0.25, 0.3) is 22.8 Å². The van der Waals surface area contributed by atoms with Gasteiger partial charge in [0.05, 0.1) is 17.6 Å². The number of likely N-dealkylation sites (tertiary alicyclic amines) is 1. The highest BCUT2D eigenvalue weighted by molar-refractivity contribution is 5.92. The van der Waals surface area contributed by atoms with E-state index in [9.17, 15) is 9.59 Å². The summed E-state index contributed by atoms with van der Waals surface area (Å²) in [6, 6.07) is 8.91. The minimum absolute atomic E-state index is 0.0516. The first-order chi connectivity index (χ1) is 14.4. The van der Waals surface area contributed by atoms with Gasteiger partial charge in [-0.15, -0.1) is 0 Å². The number of benzene rings is 1. The summed E-state index contributed by atoms with van der Waals surface area (Å²) in [7, 11) is 1.78. The number of carbonyl (C=O) groups excluding carboxylic acids is 2. The average molecular weight is 400 g/mol. The molecule has 8 heteroatoms. The fraction of sp³-hybridized carbons (Fsp3) is 0.227. The van der Waals surface area contributed by atoms with Gasteiger partial charge in [-0.1, -0.05) is 24.0 Å². The molecule has 1 atom stereocenters. The maximum absolute atomic E-state index is 12.0. The van der Waals surface area contributed by atoms with Crippen LogP contribution in [-0.4, -0.2) is 50.5 Å². The fourth-order valence-electron chi connectivity index (χ4n) is 3.30. The number of nitrogens with two attached hydrogens (primary N) is 1. The van der Waals surface area contributed by atoms with Crippen LogP contribution in [0.1, 0.15) is 28.0 Å². The van der Waals surface area contributed by atoms with Crippen LogP contribution in [0.5, 0.6) is 0 Å². The number of aromatic nitrogens is 4. The molecule has 30 heavy (non-hydrogen) atoms. The molecule has 0 spiro atoms. The number of primary amides is 1. The first kappa shape index (κ1) is 19.3. The number of hydrogen-bond donors (Lipinski definition) is 2. The van der Waals surface area contributed by atoms with Crippen LogP contribution in [0.4, 0.5) is 0 Å². The molecule has 150 valence electrons. The normalized spacial score (nSPS) is 15.7. The highest BCUT2D eigenvalue weighted by Crippen LogP contribution is 2.24. The summed E-state index contributed by atoms with van der Waals surface area (Å²) >= 11 is 0. The molecule has 3 heterocycles. The minimum Gasteiger partial charge on any atom is -0.364 e. The highest BCUT2D eigenvalue weighted by Gasteiger charge is 2.27. The van der Waals surface area contributed by atoms with Crippen molar-refractivity contribution in [1.82, 2.24) is 25.1 Å². The van der Waals surface area contributed by atoms with Gasteiger partial charge in [-0.2, -0.15) is 5.10 Å². The van der Waals surface area contributed by atoms with E-state index < -0.39 is 5.91 Å². The lowest BCUT2D eigenvalue weighted by Gasteiger charge is -2.07. The van der Waals surface area contributed by atoms with Crippen LogP contribution in [0.3, 0.4) is 0 Å². The van der Waals surface area contributed by atoms with E-state index in [4.69, 9.17) is 5.73 Å². The van der Waals surface area contributed by atoms with Crippen molar-refractivity contribution in [2.75, 3.05) is 13.6 Å². The lowest BCUT2D eigenvalue weighted by molar-refractivity contribution is -0.128. The minimum atomic E-state index is -0.642. The first-order valence-corrected chi connectivity index (χ1v) is 9.48. The van der Waals surface area contributed by atoms with Crippen LogP contribution in [-0.2, 0) is 4.79 Å². The molecule has 1 aliphatic rings. The van der Waals surface area contributed by atoms with E-state index in [0.717, 1.165) is 24.1 Å². The largest absolute Gasteiger partial charge is 0.364 e. The molecule has 1 fully saturated rings. The fourth-order valence-corrected chi connectivity index (χ4v) is 3.30. The number of aryl methyl sites for hydroxylation is 1. The Kier molecular flexibility index (Phi) is 5.02. The van der Waals surface area contributed by atoms with Gasteiger partial charge in [-0.05, 0) is 37.1 Å². The van der Waals surface area contributed by atoms with E-state index in [1.165, 1.54) is 6.07 Å². The van der Waals surface area contributed by atoms with Gasteiger partial charge in [0.2, 0.25) is 5.91 Å². The molecule has 0 aliphatic carbocycles. The van der Waals surface area contributed by atoms with E-state index in [1.807, 2.05) is 31.2 Å². The molecule has 0 bridgehead atoms. The predicted molar refractivity (Wildman–Crippen MR) is 111 cm³/mol. The maximum atomic E-state index is 12.0. The van der Waals surface area contributed by atoms with Gasteiger partial charge < -0.3 is 10.6 Å². The maximum Gasteiger partial charge on any atom is 0.267 e. The zero-order valence-electron chi connectivity index (χ0n) is 16.6. The van der Waals surface area contributed by atoms with Crippen molar-refractivity contribution in [2.24, 2.45) is 11.7 Å². The van der Waals surface area contributed by atoms with Gasteiger partial charge in [0, 0.05) is 24.7 Å². The van der Waals surface area contributed by atoms with E-state index in [2.05, 4.69) is 32.0 Å². The van der Waals surface area contributed by atoms with Crippen molar-refractivity contribution in [3.05, 3.63) is 53.3 Å². The van der Waals surface area contributed by atoms with E-state index in [-0.39, 0.29) is 17.5 Å². The standard InChI is InChI=1S/C22H20N6O2/c1-13-12-24-27-19(13)17-11-18(20(23)29)26-21(25-17)16-5-3-4-14(10-16)6-7-15-8-9-28(2)22(15)30/h3-5,10-12,15H,8-9H2,1-2H3,(H2,23,29)(H,24,27)/t15-/m1/s1. The molecule has 3 aromatic rings.